The van der Waals surface area contributed by atoms with Gasteiger partial charge in [-0.2, -0.15) is 0 Å². The van der Waals surface area contributed by atoms with Crippen LogP contribution in [-0.4, -0.2) is 31.3 Å². The minimum atomic E-state index is -0.473. The summed E-state index contributed by atoms with van der Waals surface area (Å²) in [5, 5.41) is 0.413. The first-order valence-corrected chi connectivity index (χ1v) is 7.74. The van der Waals surface area contributed by atoms with E-state index in [2.05, 4.69) is 4.98 Å². The minimum absolute atomic E-state index is 0.0385. The molecule has 7 heteroatoms. The van der Waals surface area contributed by atoms with Gasteiger partial charge >= 0.3 is 5.97 Å². The van der Waals surface area contributed by atoms with E-state index in [1.54, 1.807) is 24.3 Å². The third-order valence-corrected chi connectivity index (χ3v) is 3.79. The number of carbonyl (C=O) groups is 1. The summed E-state index contributed by atoms with van der Waals surface area (Å²) in [5.41, 5.74) is 1.64. The second kappa shape index (κ2) is 7.61. The van der Waals surface area contributed by atoms with Gasteiger partial charge in [0.2, 0.25) is 0 Å². The Morgan fingerprint density at radius 2 is 2.12 bits per heavy atom. The van der Waals surface area contributed by atoms with E-state index >= 15 is 0 Å². The summed E-state index contributed by atoms with van der Waals surface area (Å²) in [7, 11) is 1.49. The molecule has 0 aliphatic carbocycles. The van der Waals surface area contributed by atoms with Crippen molar-refractivity contribution in [3.05, 3.63) is 58.4 Å². The van der Waals surface area contributed by atoms with Gasteiger partial charge in [0.05, 0.1) is 30.9 Å². The molecule has 1 aliphatic rings. The minimum Gasteiger partial charge on any atom is -0.493 e. The lowest BCUT2D eigenvalue weighted by molar-refractivity contribution is -0.0441. The van der Waals surface area contributed by atoms with Crippen molar-refractivity contribution in [2.24, 2.45) is 0 Å². The fourth-order valence-electron chi connectivity index (χ4n) is 2.36. The van der Waals surface area contributed by atoms with Crippen molar-refractivity contribution in [2.75, 3.05) is 20.3 Å². The van der Waals surface area contributed by atoms with Crippen molar-refractivity contribution >= 4 is 17.6 Å². The fourth-order valence-corrected chi connectivity index (χ4v) is 2.61. The first-order chi connectivity index (χ1) is 11.7. The van der Waals surface area contributed by atoms with Crippen molar-refractivity contribution in [1.29, 1.82) is 0 Å². The van der Waals surface area contributed by atoms with E-state index in [1.807, 2.05) is 6.07 Å². The predicted octanol–water partition coefficient (Wildman–Crippen LogP) is 3.15. The molecule has 0 bridgehead atoms. The van der Waals surface area contributed by atoms with Crippen molar-refractivity contribution in [3.8, 4) is 5.75 Å². The number of halogens is 1. The second-order valence-corrected chi connectivity index (χ2v) is 5.46. The fraction of sp³-hybridized carbons (Fsp3) is 0.294. The second-order valence-electron chi connectivity index (χ2n) is 5.05. The SMILES string of the molecule is COc1c(Cl)ccnc1COC(=O)c1cccc(C2OCCO2)c1. The molecule has 3 rings (SSSR count). The number of benzene rings is 1. The van der Waals surface area contributed by atoms with Crippen LogP contribution >= 0.6 is 11.6 Å². The first kappa shape index (κ1) is 16.7. The third kappa shape index (κ3) is 3.67. The standard InChI is InChI=1S/C17H16ClNO5/c1-21-15-13(18)5-6-19-14(15)10-24-16(20)11-3-2-4-12(9-11)17-22-7-8-23-17/h2-6,9,17H,7-8,10H2,1H3. The van der Waals surface area contributed by atoms with Gasteiger partial charge in [-0.15, -0.1) is 0 Å². The van der Waals surface area contributed by atoms with Gasteiger partial charge in [-0.3, -0.25) is 4.98 Å². The Balaban J connectivity index is 1.69. The molecular weight excluding hydrogens is 334 g/mol. The van der Waals surface area contributed by atoms with Gasteiger partial charge in [0, 0.05) is 11.8 Å². The number of ether oxygens (including phenoxy) is 4. The maximum atomic E-state index is 12.3. The summed E-state index contributed by atoms with van der Waals surface area (Å²) in [6, 6.07) is 8.57. The quantitative estimate of drug-likeness (QED) is 0.772. The van der Waals surface area contributed by atoms with Gasteiger partial charge in [0.25, 0.3) is 0 Å². The molecule has 2 heterocycles. The summed E-state index contributed by atoms with van der Waals surface area (Å²) >= 11 is 6.02. The zero-order valence-electron chi connectivity index (χ0n) is 13.0. The normalized spacial score (nSPS) is 14.6. The van der Waals surface area contributed by atoms with E-state index in [0.717, 1.165) is 5.56 Å². The molecular formula is C17H16ClNO5. The molecule has 1 aliphatic heterocycles. The van der Waals surface area contributed by atoms with E-state index in [-0.39, 0.29) is 6.61 Å². The van der Waals surface area contributed by atoms with Crippen molar-refractivity contribution < 1.29 is 23.7 Å². The van der Waals surface area contributed by atoms with Crippen molar-refractivity contribution in [3.63, 3.8) is 0 Å². The Labute approximate surface area is 144 Å². The summed E-state index contributed by atoms with van der Waals surface area (Å²) in [5.74, 6) is -0.0767. The first-order valence-electron chi connectivity index (χ1n) is 7.36. The Hall–Kier alpha value is -2.15. The zero-order valence-corrected chi connectivity index (χ0v) is 13.8. The molecule has 1 aromatic heterocycles. The molecule has 0 spiro atoms. The molecule has 126 valence electrons. The highest BCUT2D eigenvalue weighted by molar-refractivity contribution is 6.32. The summed E-state index contributed by atoms with van der Waals surface area (Å²) in [6.07, 6.45) is 1.09. The van der Waals surface area contributed by atoms with E-state index < -0.39 is 12.3 Å². The molecule has 0 saturated carbocycles. The molecule has 1 aromatic carbocycles. The molecule has 2 aromatic rings. The maximum Gasteiger partial charge on any atom is 0.338 e. The number of rotatable bonds is 5. The van der Waals surface area contributed by atoms with Crippen LogP contribution in [0, 0.1) is 0 Å². The average molecular weight is 350 g/mol. The molecule has 0 atom stereocenters. The topological polar surface area (TPSA) is 66.9 Å². The van der Waals surface area contributed by atoms with Crippen molar-refractivity contribution in [1.82, 2.24) is 4.98 Å². The van der Waals surface area contributed by atoms with Gasteiger partial charge in [-0.1, -0.05) is 23.7 Å². The number of pyridine rings is 1. The Morgan fingerprint density at radius 1 is 1.33 bits per heavy atom. The summed E-state index contributed by atoms with van der Waals surface area (Å²) in [6.45, 7) is 1.04. The highest BCUT2D eigenvalue weighted by Crippen LogP contribution is 2.27. The monoisotopic (exact) mass is 349 g/mol. The number of hydrogen-bond donors (Lipinski definition) is 0. The predicted molar refractivity (Wildman–Crippen MR) is 86.0 cm³/mol. The Kier molecular flexibility index (Phi) is 5.30. The van der Waals surface area contributed by atoms with Crippen LogP contribution < -0.4 is 4.74 Å². The molecule has 0 radical (unpaired) electrons. The van der Waals surface area contributed by atoms with Gasteiger partial charge in [-0.25, -0.2) is 4.79 Å². The number of carbonyl (C=O) groups excluding carboxylic acids is 1. The van der Waals surface area contributed by atoms with Gasteiger partial charge in [0.15, 0.2) is 12.0 Å². The zero-order chi connectivity index (χ0) is 16.9. The molecule has 1 fully saturated rings. The molecule has 1 saturated heterocycles. The van der Waals surface area contributed by atoms with Gasteiger partial charge in [-0.05, 0) is 18.2 Å². The van der Waals surface area contributed by atoms with Crippen LogP contribution in [0.25, 0.3) is 0 Å². The highest BCUT2D eigenvalue weighted by Gasteiger charge is 2.20. The highest BCUT2D eigenvalue weighted by atomic mass is 35.5. The van der Waals surface area contributed by atoms with E-state index in [1.165, 1.54) is 13.3 Å². The average Bonchev–Trinajstić information content (AvgIpc) is 3.14. The molecule has 0 amide bonds. The molecule has 24 heavy (non-hydrogen) atoms. The van der Waals surface area contributed by atoms with Crippen LogP contribution in [0.4, 0.5) is 0 Å². The van der Waals surface area contributed by atoms with Crippen LogP contribution in [0.2, 0.25) is 5.02 Å². The number of hydrogen-bond acceptors (Lipinski definition) is 6. The smallest absolute Gasteiger partial charge is 0.338 e. The third-order valence-electron chi connectivity index (χ3n) is 3.49. The Morgan fingerprint density at radius 3 is 2.88 bits per heavy atom. The summed E-state index contributed by atoms with van der Waals surface area (Å²) < 4.78 is 21.4. The van der Waals surface area contributed by atoms with Crippen molar-refractivity contribution in [2.45, 2.75) is 12.9 Å². The number of esters is 1. The lowest BCUT2D eigenvalue weighted by atomic mass is 10.1. The van der Waals surface area contributed by atoms with Gasteiger partial charge in [0.1, 0.15) is 12.3 Å². The lowest BCUT2D eigenvalue weighted by Gasteiger charge is -2.12. The van der Waals surface area contributed by atoms with E-state index in [0.29, 0.717) is 35.2 Å². The largest absolute Gasteiger partial charge is 0.493 e. The van der Waals surface area contributed by atoms with E-state index in [9.17, 15) is 4.79 Å². The van der Waals surface area contributed by atoms with Crippen LogP contribution in [0.15, 0.2) is 36.5 Å². The maximum absolute atomic E-state index is 12.3. The lowest BCUT2D eigenvalue weighted by Crippen LogP contribution is -2.08. The molecule has 0 N–H and O–H groups in total. The number of methoxy groups -OCH3 is 1. The van der Waals surface area contributed by atoms with Gasteiger partial charge < -0.3 is 18.9 Å². The molecule has 0 unspecified atom stereocenters. The van der Waals surface area contributed by atoms with E-state index in [4.69, 9.17) is 30.5 Å². The summed E-state index contributed by atoms with van der Waals surface area (Å²) in [4.78, 5) is 16.4. The Bertz CT molecular complexity index is 731. The number of aromatic nitrogens is 1. The molecule has 6 nitrogen and oxygen atoms in total. The van der Waals surface area contributed by atoms with Crippen LogP contribution in [0.1, 0.15) is 27.9 Å². The number of nitrogens with zero attached hydrogens (tertiary/aromatic N) is 1. The van der Waals surface area contributed by atoms with Crippen LogP contribution in [-0.2, 0) is 20.8 Å². The van der Waals surface area contributed by atoms with Crippen LogP contribution in [0.3, 0.4) is 0 Å². The van der Waals surface area contributed by atoms with Crippen LogP contribution in [0.5, 0.6) is 5.75 Å².